The highest BCUT2D eigenvalue weighted by molar-refractivity contribution is 5.69. The second-order valence-electron chi connectivity index (χ2n) is 4.81. The number of alkyl halides is 2. The summed E-state index contributed by atoms with van der Waals surface area (Å²) >= 11 is 0. The molecule has 0 bridgehead atoms. The zero-order valence-corrected chi connectivity index (χ0v) is 12.9. The molecular weight excluding hydrogens is 272 g/mol. The highest BCUT2D eigenvalue weighted by Gasteiger charge is 2.21. The molecule has 0 atom stereocenters. The number of nitrogens with zero attached hydrogens (tertiary/aromatic N) is 3. The SMILES string of the molecule is C=C/C=N\N(CCC(C)(F)F)C/C(=C\C=C/N=C)CCC. The van der Waals surface area contributed by atoms with Crippen LogP contribution in [0, 0.1) is 0 Å². The minimum atomic E-state index is -2.69. The van der Waals surface area contributed by atoms with Gasteiger partial charge in [0.25, 0.3) is 0 Å². The lowest BCUT2D eigenvalue weighted by Crippen LogP contribution is -2.26. The standard InChI is InChI=1S/C16H25F2N3/c1-5-8-15(9-7-12-19-4)14-21(20-11-6-2)13-10-16(3,17)18/h6-7,9,11-12H,2,4-5,8,10,13-14H2,1,3H3/b12-7-,15-9-,20-11-. The Morgan fingerprint density at radius 2 is 2.10 bits per heavy atom. The second-order valence-corrected chi connectivity index (χ2v) is 4.81. The Morgan fingerprint density at radius 3 is 2.62 bits per heavy atom. The fourth-order valence-electron chi connectivity index (χ4n) is 1.66. The van der Waals surface area contributed by atoms with E-state index in [0.717, 1.165) is 25.3 Å². The van der Waals surface area contributed by atoms with Gasteiger partial charge in [-0.05, 0) is 37.8 Å². The van der Waals surface area contributed by atoms with Gasteiger partial charge in [0, 0.05) is 25.4 Å². The van der Waals surface area contributed by atoms with E-state index in [1.165, 1.54) is 12.3 Å². The van der Waals surface area contributed by atoms with Crippen LogP contribution in [-0.4, -0.2) is 37.0 Å². The maximum atomic E-state index is 13.0. The third-order valence-corrected chi connectivity index (χ3v) is 2.62. The maximum absolute atomic E-state index is 13.0. The van der Waals surface area contributed by atoms with Crippen LogP contribution in [0.1, 0.15) is 33.1 Å². The van der Waals surface area contributed by atoms with Crippen LogP contribution in [0.25, 0.3) is 0 Å². The number of allylic oxidation sites excluding steroid dienone is 3. The lowest BCUT2D eigenvalue weighted by molar-refractivity contribution is 0.00409. The molecule has 0 aromatic heterocycles. The fraction of sp³-hybridized carbons (Fsp3) is 0.500. The predicted octanol–water partition coefficient (Wildman–Crippen LogP) is 4.45. The highest BCUT2D eigenvalue weighted by atomic mass is 19.3. The number of rotatable bonds is 11. The van der Waals surface area contributed by atoms with Crippen molar-refractivity contribution in [2.24, 2.45) is 10.1 Å². The number of hydrazone groups is 1. The van der Waals surface area contributed by atoms with Crippen molar-refractivity contribution in [2.45, 2.75) is 39.0 Å². The number of aliphatic imine (C=N–C) groups is 1. The first-order valence-electron chi connectivity index (χ1n) is 7.01. The van der Waals surface area contributed by atoms with Crippen LogP contribution < -0.4 is 0 Å². The molecule has 21 heavy (non-hydrogen) atoms. The summed E-state index contributed by atoms with van der Waals surface area (Å²) in [7, 11) is 0. The van der Waals surface area contributed by atoms with E-state index in [1.54, 1.807) is 17.3 Å². The Balaban J connectivity index is 4.82. The first-order valence-corrected chi connectivity index (χ1v) is 7.01. The van der Waals surface area contributed by atoms with Crippen molar-refractivity contribution in [3.8, 4) is 0 Å². The Labute approximate surface area is 126 Å². The van der Waals surface area contributed by atoms with E-state index < -0.39 is 5.92 Å². The molecule has 0 aromatic carbocycles. The van der Waals surface area contributed by atoms with Gasteiger partial charge in [-0.2, -0.15) is 5.10 Å². The van der Waals surface area contributed by atoms with Crippen molar-refractivity contribution in [3.05, 3.63) is 36.6 Å². The average molecular weight is 297 g/mol. The second kappa shape index (κ2) is 10.9. The molecular formula is C16H25F2N3. The summed E-state index contributed by atoms with van der Waals surface area (Å²) in [6, 6.07) is 0. The summed E-state index contributed by atoms with van der Waals surface area (Å²) in [5.74, 6) is -2.69. The van der Waals surface area contributed by atoms with Gasteiger partial charge in [-0.3, -0.25) is 10.0 Å². The molecule has 0 fully saturated rings. The first kappa shape index (κ1) is 19.2. The van der Waals surface area contributed by atoms with Crippen molar-refractivity contribution >= 4 is 12.9 Å². The van der Waals surface area contributed by atoms with Crippen LogP contribution in [0.3, 0.4) is 0 Å². The van der Waals surface area contributed by atoms with Gasteiger partial charge in [-0.25, -0.2) is 8.78 Å². The molecule has 0 aliphatic heterocycles. The molecule has 0 heterocycles. The normalized spacial score (nSPS) is 13.0. The molecule has 118 valence electrons. The molecule has 0 rings (SSSR count). The Hall–Kier alpha value is -1.78. The minimum absolute atomic E-state index is 0.193. The molecule has 3 nitrogen and oxygen atoms in total. The zero-order valence-electron chi connectivity index (χ0n) is 12.9. The summed E-state index contributed by atoms with van der Waals surface area (Å²) in [6.07, 6.45) is 9.98. The lowest BCUT2D eigenvalue weighted by atomic mass is 10.1. The third kappa shape index (κ3) is 11.7. The average Bonchev–Trinajstić information content (AvgIpc) is 2.41. The van der Waals surface area contributed by atoms with E-state index in [-0.39, 0.29) is 13.0 Å². The van der Waals surface area contributed by atoms with Gasteiger partial charge in [0.05, 0.1) is 6.54 Å². The van der Waals surface area contributed by atoms with Gasteiger partial charge in [-0.1, -0.05) is 26.0 Å². The number of hydrogen-bond acceptors (Lipinski definition) is 3. The third-order valence-electron chi connectivity index (χ3n) is 2.62. The molecule has 0 aromatic rings. The van der Waals surface area contributed by atoms with Crippen LogP contribution >= 0.6 is 0 Å². The number of hydrogen-bond donors (Lipinski definition) is 0. The molecule has 0 aliphatic rings. The smallest absolute Gasteiger partial charge is 0.247 e. The van der Waals surface area contributed by atoms with Crippen LogP contribution in [0.4, 0.5) is 8.78 Å². The first-order chi connectivity index (χ1) is 9.92. The highest BCUT2D eigenvalue weighted by Crippen LogP contribution is 2.18. The monoisotopic (exact) mass is 297 g/mol. The van der Waals surface area contributed by atoms with E-state index in [2.05, 4.69) is 30.3 Å². The van der Waals surface area contributed by atoms with Gasteiger partial charge < -0.3 is 0 Å². The van der Waals surface area contributed by atoms with Crippen LogP contribution in [0.2, 0.25) is 0 Å². The molecule has 0 saturated carbocycles. The zero-order chi connectivity index (χ0) is 16.1. The van der Waals surface area contributed by atoms with E-state index in [1.807, 2.05) is 6.08 Å². The van der Waals surface area contributed by atoms with Crippen molar-refractivity contribution in [2.75, 3.05) is 13.1 Å². The quantitative estimate of drug-likeness (QED) is 0.314. The molecule has 0 N–H and O–H groups in total. The van der Waals surface area contributed by atoms with Crippen LogP contribution in [0.5, 0.6) is 0 Å². The molecule has 0 amide bonds. The molecule has 0 aliphatic carbocycles. The van der Waals surface area contributed by atoms with E-state index >= 15 is 0 Å². The van der Waals surface area contributed by atoms with Crippen LogP contribution in [-0.2, 0) is 0 Å². The molecule has 0 spiro atoms. The van der Waals surface area contributed by atoms with Gasteiger partial charge in [0.1, 0.15) is 0 Å². The van der Waals surface area contributed by atoms with Gasteiger partial charge in [0.15, 0.2) is 0 Å². The minimum Gasteiger partial charge on any atom is -0.293 e. The number of halogens is 2. The Bertz CT molecular complexity index is 393. The van der Waals surface area contributed by atoms with Crippen molar-refractivity contribution in [1.82, 2.24) is 5.01 Å². The molecule has 0 unspecified atom stereocenters. The van der Waals surface area contributed by atoms with Crippen molar-refractivity contribution in [1.29, 1.82) is 0 Å². The summed E-state index contributed by atoms with van der Waals surface area (Å²) in [5.41, 5.74) is 1.11. The van der Waals surface area contributed by atoms with E-state index in [0.29, 0.717) is 6.54 Å². The van der Waals surface area contributed by atoms with E-state index in [4.69, 9.17) is 0 Å². The van der Waals surface area contributed by atoms with Crippen LogP contribution in [0.15, 0.2) is 46.7 Å². The van der Waals surface area contributed by atoms with E-state index in [9.17, 15) is 8.78 Å². The summed E-state index contributed by atoms with van der Waals surface area (Å²) in [6.45, 7) is 10.6. The fourth-order valence-corrected chi connectivity index (χ4v) is 1.66. The summed E-state index contributed by atoms with van der Waals surface area (Å²) < 4.78 is 26.0. The summed E-state index contributed by atoms with van der Waals surface area (Å²) in [5, 5.41) is 5.79. The molecule has 0 saturated heterocycles. The topological polar surface area (TPSA) is 28.0 Å². The summed E-state index contributed by atoms with van der Waals surface area (Å²) in [4.78, 5) is 3.63. The van der Waals surface area contributed by atoms with Gasteiger partial charge in [-0.15, -0.1) is 0 Å². The van der Waals surface area contributed by atoms with Crippen molar-refractivity contribution in [3.63, 3.8) is 0 Å². The van der Waals surface area contributed by atoms with Crippen molar-refractivity contribution < 1.29 is 8.78 Å². The predicted molar refractivity (Wildman–Crippen MR) is 87.2 cm³/mol. The van der Waals surface area contributed by atoms with Gasteiger partial charge >= 0.3 is 0 Å². The Kier molecular flexibility index (Phi) is 10.0. The lowest BCUT2D eigenvalue weighted by Gasteiger charge is -2.22. The largest absolute Gasteiger partial charge is 0.293 e. The molecule has 0 radical (unpaired) electrons. The Morgan fingerprint density at radius 1 is 1.38 bits per heavy atom. The van der Waals surface area contributed by atoms with Gasteiger partial charge in [0.2, 0.25) is 5.92 Å². The maximum Gasteiger partial charge on any atom is 0.247 e. The molecule has 5 heteroatoms.